The van der Waals surface area contributed by atoms with E-state index in [-0.39, 0.29) is 11.1 Å². The number of halogens is 1. The number of hydrogen-bond donors (Lipinski definition) is 1. The van der Waals surface area contributed by atoms with Crippen molar-refractivity contribution in [1.29, 1.82) is 0 Å². The molecule has 1 heterocycles. The van der Waals surface area contributed by atoms with Gasteiger partial charge in [-0.15, -0.1) is 10.2 Å². The van der Waals surface area contributed by atoms with Gasteiger partial charge in [-0.25, -0.2) is 4.39 Å². The smallest absolute Gasteiger partial charge is 0.203 e. The number of nitrogens with zero attached hydrogens (tertiary/aromatic N) is 2. The molecule has 2 N–H and O–H groups in total. The lowest BCUT2D eigenvalue weighted by Gasteiger charge is -2.08. The molecule has 0 amide bonds. The van der Waals surface area contributed by atoms with Crippen molar-refractivity contribution in [3.8, 4) is 0 Å². The first kappa shape index (κ1) is 11.3. The average Bonchev–Trinajstić information content (AvgIpc) is 2.65. The summed E-state index contributed by atoms with van der Waals surface area (Å²) in [5.74, 6) is -0.221. The molecule has 0 bridgehead atoms. The highest BCUT2D eigenvalue weighted by atomic mass is 32.2. The van der Waals surface area contributed by atoms with Gasteiger partial charge in [-0.1, -0.05) is 35.2 Å². The highest BCUT2D eigenvalue weighted by Gasteiger charge is 2.10. The van der Waals surface area contributed by atoms with Gasteiger partial charge in [0.25, 0.3) is 0 Å². The van der Waals surface area contributed by atoms with E-state index >= 15 is 0 Å². The van der Waals surface area contributed by atoms with Crippen LogP contribution in [-0.4, -0.2) is 10.2 Å². The van der Waals surface area contributed by atoms with E-state index in [9.17, 15) is 4.39 Å². The van der Waals surface area contributed by atoms with Crippen LogP contribution in [0.25, 0.3) is 0 Å². The van der Waals surface area contributed by atoms with Crippen molar-refractivity contribution in [2.75, 3.05) is 5.73 Å². The highest BCUT2D eigenvalue weighted by molar-refractivity contribution is 8.01. The first-order chi connectivity index (χ1) is 7.65. The van der Waals surface area contributed by atoms with Crippen molar-refractivity contribution in [2.45, 2.75) is 16.5 Å². The maximum Gasteiger partial charge on any atom is 0.203 e. The van der Waals surface area contributed by atoms with Gasteiger partial charge in [0.2, 0.25) is 5.13 Å². The summed E-state index contributed by atoms with van der Waals surface area (Å²) in [5.41, 5.74) is 6.55. The molecule has 0 saturated carbocycles. The Labute approximate surface area is 101 Å². The monoisotopic (exact) mass is 255 g/mol. The molecule has 1 unspecified atom stereocenters. The maximum absolute atomic E-state index is 12.7. The summed E-state index contributed by atoms with van der Waals surface area (Å²) in [6.07, 6.45) is 0. The molecule has 1 aromatic heterocycles. The molecule has 0 radical (unpaired) electrons. The quantitative estimate of drug-likeness (QED) is 0.856. The van der Waals surface area contributed by atoms with Crippen molar-refractivity contribution in [3.63, 3.8) is 0 Å². The number of thioether (sulfide) groups is 1. The van der Waals surface area contributed by atoms with Gasteiger partial charge in [0.05, 0.1) is 0 Å². The molecule has 0 aliphatic carbocycles. The van der Waals surface area contributed by atoms with E-state index in [0.717, 1.165) is 9.90 Å². The fourth-order valence-electron chi connectivity index (χ4n) is 1.22. The van der Waals surface area contributed by atoms with Crippen molar-refractivity contribution in [3.05, 3.63) is 35.6 Å². The van der Waals surface area contributed by atoms with Crippen LogP contribution in [0.3, 0.4) is 0 Å². The van der Waals surface area contributed by atoms with E-state index in [4.69, 9.17) is 5.73 Å². The molecular weight excluding hydrogens is 245 g/mol. The summed E-state index contributed by atoms with van der Waals surface area (Å²) < 4.78 is 13.6. The van der Waals surface area contributed by atoms with Gasteiger partial charge in [-0.2, -0.15) is 0 Å². The third-order valence-corrected chi connectivity index (χ3v) is 4.03. The van der Waals surface area contributed by atoms with Crippen LogP contribution in [0.1, 0.15) is 17.7 Å². The molecule has 3 nitrogen and oxygen atoms in total. The molecule has 1 aromatic carbocycles. The first-order valence-electron chi connectivity index (χ1n) is 4.66. The minimum atomic E-state index is -0.221. The SMILES string of the molecule is CC(Sc1nnc(N)s1)c1ccc(F)cc1. The molecule has 0 saturated heterocycles. The summed E-state index contributed by atoms with van der Waals surface area (Å²) in [7, 11) is 0. The molecule has 16 heavy (non-hydrogen) atoms. The lowest BCUT2D eigenvalue weighted by atomic mass is 10.2. The van der Waals surface area contributed by atoms with Crippen molar-refractivity contribution in [2.24, 2.45) is 0 Å². The summed E-state index contributed by atoms with van der Waals surface area (Å²) in [5, 5.41) is 8.34. The summed E-state index contributed by atoms with van der Waals surface area (Å²) in [6, 6.07) is 6.47. The van der Waals surface area contributed by atoms with E-state index in [1.54, 1.807) is 23.9 Å². The Morgan fingerprint density at radius 2 is 2.00 bits per heavy atom. The van der Waals surface area contributed by atoms with Gasteiger partial charge < -0.3 is 5.73 Å². The zero-order chi connectivity index (χ0) is 11.5. The number of benzene rings is 1. The Morgan fingerprint density at radius 3 is 2.56 bits per heavy atom. The Bertz CT molecular complexity index is 469. The molecule has 0 aliphatic rings. The molecule has 2 rings (SSSR count). The lowest BCUT2D eigenvalue weighted by molar-refractivity contribution is 0.627. The van der Waals surface area contributed by atoms with Gasteiger partial charge >= 0.3 is 0 Å². The van der Waals surface area contributed by atoms with Crippen LogP contribution in [0.15, 0.2) is 28.6 Å². The summed E-state index contributed by atoms with van der Waals surface area (Å²) in [6.45, 7) is 2.04. The second kappa shape index (κ2) is 4.80. The third-order valence-electron chi connectivity index (χ3n) is 2.04. The van der Waals surface area contributed by atoms with Crippen molar-refractivity contribution >= 4 is 28.2 Å². The Kier molecular flexibility index (Phi) is 3.40. The molecule has 2 aromatic rings. The van der Waals surface area contributed by atoms with Crippen LogP contribution >= 0.6 is 23.1 Å². The Hall–Kier alpha value is -1.14. The molecule has 0 fully saturated rings. The normalized spacial score (nSPS) is 12.6. The summed E-state index contributed by atoms with van der Waals surface area (Å²) in [4.78, 5) is 0. The predicted molar refractivity (Wildman–Crippen MR) is 65.0 cm³/mol. The molecular formula is C10H10FN3S2. The fourth-order valence-corrected chi connectivity index (χ4v) is 3.13. The van der Waals surface area contributed by atoms with E-state index in [1.807, 2.05) is 6.92 Å². The number of nitrogen functional groups attached to an aromatic ring is 1. The number of hydrogen-bond acceptors (Lipinski definition) is 5. The van der Waals surface area contributed by atoms with E-state index < -0.39 is 0 Å². The predicted octanol–water partition coefficient (Wildman–Crippen LogP) is 3.11. The summed E-state index contributed by atoms with van der Waals surface area (Å²) >= 11 is 2.92. The number of rotatable bonds is 3. The van der Waals surface area contributed by atoms with Gasteiger partial charge in [0.15, 0.2) is 4.34 Å². The van der Waals surface area contributed by atoms with E-state index in [0.29, 0.717) is 5.13 Å². The second-order valence-electron chi connectivity index (χ2n) is 3.22. The maximum atomic E-state index is 12.7. The average molecular weight is 255 g/mol. The second-order valence-corrected chi connectivity index (χ2v) is 5.81. The lowest BCUT2D eigenvalue weighted by Crippen LogP contribution is -1.88. The van der Waals surface area contributed by atoms with Gasteiger partial charge in [0.1, 0.15) is 5.82 Å². The molecule has 1 atom stereocenters. The third kappa shape index (κ3) is 2.70. The van der Waals surface area contributed by atoms with Crippen molar-refractivity contribution < 1.29 is 4.39 Å². The van der Waals surface area contributed by atoms with E-state index in [1.165, 1.54) is 23.5 Å². The van der Waals surface area contributed by atoms with Crippen LogP contribution in [0, 0.1) is 5.82 Å². The molecule has 84 valence electrons. The van der Waals surface area contributed by atoms with Gasteiger partial charge in [-0.05, 0) is 24.6 Å². The van der Waals surface area contributed by atoms with Gasteiger partial charge in [0, 0.05) is 5.25 Å². The minimum Gasteiger partial charge on any atom is -0.374 e. The fraction of sp³-hybridized carbons (Fsp3) is 0.200. The van der Waals surface area contributed by atoms with Crippen LogP contribution in [0.2, 0.25) is 0 Å². The minimum absolute atomic E-state index is 0.202. The van der Waals surface area contributed by atoms with Crippen molar-refractivity contribution in [1.82, 2.24) is 10.2 Å². The number of aromatic nitrogens is 2. The highest BCUT2D eigenvalue weighted by Crippen LogP contribution is 2.36. The topological polar surface area (TPSA) is 51.8 Å². The first-order valence-corrected chi connectivity index (χ1v) is 6.36. The van der Waals surface area contributed by atoms with Crippen LogP contribution < -0.4 is 5.73 Å². The van der Waals surface area contributed by atoms with Gasteiger partial charge in [-0.3, -0.25) is 0 Å². The Balaban J connectivity index is 2.08. The molecule has 0 aliphatic heterocycles. The van der Waals surface area contributed by atoms with Crippen LogP contribution in [0.4, 0.5) is 9.52 Å². The van der Waals surface area contributed by atoms with Crippen LogP contribution in [0.5, 0.6) is 0 Å². The molecule has 6 heteroatoms. The number of nitrogens with two attached hydrogens (primary N) is 1. The largest absolute Gasteiger partial charge is 0.374 e. The zero-order valence-electron chi connectivity index (χ0n) is 8.55. The van der Waals surface area contributed by atoms with Crippen LogP contribution in [-0.2, 0) is 0 Å². The standard InChI is InChI=1S/C10H10FN3S2/c1-6(7-2-4-8(11)5-3-7)15-10-14-13-9(12)16-10/h2-6H,1H3,(H2,12,13). The number of anilines is 1. The Morgan fingerprint density at radius 1 is 1.31 bits per heavy atom. The van der Waals surface area contributed by atoms with E-state index in [2.05, 4.69) is 10.2 Å². The molecule has 0 spiro atoms. The zero-order valence-corrected chi connectivity index (χ0v) is 10.2.